The van der Waals surface area contributed by atoms with Gasteiger partial charge in [-0.05, 0) is 13.8 Å². The molecule has 11 heteroatoms. The van der Waals surface area contributed by atoms with Gasteiger partial charge in [-0.2, -0.15) is 26.3 Å². The molecule has 2 aromatic rings. The van der Waals surface area contributed by atoms with E-state index in [1.54, 1.807) is 0 Å². The van der Waals surface area contributed by atoms with E-state index in [1.807, 2.05) is 0 Å². The lowest BCUT2D eigenvalue weighted by Gasteiger charge is -2.15. The van der Waals surface area contributed by atoms with Crippen LogP contribution >= 0.6 is 22.7 Å². The highest BCUT2D eigenvalue weighted by Gasteiger charge is 2.39. The number of carbonyl (C=O) groups excluding carboxylic acids is 1. The zero-order chi connectivity index (χ0) is 20.0. The number of aromatic nitrogens is 2. The molecule has 0 bridgehead atoms. The molecule has 0 fully saturated rings. The fourth-order valence-corrected chi connectivity index (χ4v) is 4.48. The van der Waals surface area contributed by atoms with Crippen molar-refractivity contribution in [1.29, 1.82) is 0 Å². The van der Waals surface area contributed by atoms with Gasteiger partial charge in [0, 0.05) is 9.75 Å². The van der Waals surface area contributed by atoms with E-state index in [9.17, 15) is 31.1 Å². The number of hydrogen-bond donors (Lipinski definition) is 0. The number of thiazole rings is 2. The molecule has 2 aromatic heterocycles. The Kier molecular flexibility index (Phi) is 5.54. The van der Waals surface area contributed by atoms with E-state index in [2.05, 4.69) is 9.97 Å². The third kappa shape index (κ3) is 4.08. The molecular weight excluding hydrogens is 402 g/mol. The van der Waals surface area contributed by atoms with Gasteiger partial charge in [0.05, 0.1) is 23.2 Å². The van der Waals surface area contributed by atoms with Crippen molar-refractivity contribution in [1.82, 2.24) is 9.97 Å². The molecule has 26 heavy (non-hydrogen) atoms. The average molecular weight is 416 g/mol. The van der Waals surface area contributed by atoms with E-state index in [-0.39, 0.29) is 21.1 Å². The van der Waals surface area contributed by atoms with Crippen molar-refractivity contribution in [3.05, 3.63) is 31.2 Å². The molecule has 0 spiro atoms. The molecule has 0 amide bonds. The van der Waals surface area contributed by atoms with Crippen LogP contribution in [0.1, 0.15) is 56.8 Å². The van der Waals surface area contributed by atoms with E-state index in [0.717, 1.165) is 0 Å². The first kappa shape index (κ1) is 20.8. The Morgan fingerprint density at radius 2 is 1.12 bits per heavy atom. The Morgan fingerprint density at radius 3 is 1.35 bits per heavy atom. The fraction of sp³-hybridized carbons (Fsp3) is 0.533. The standard InChI is InChI=1S/C15H14F6N2OS2/c1-5(10-7(3)22-12(25-10)14(16,17)18)9(24)6(2)11-8(4)23-13(26-11)15(19,20)21/h5-6H,1-4H3. The Labute approximate surface area is 153 Å². The highest BCUT2D eigenvalue weighted by molar-refractivity contribution is 7.12. The van der Waals surface area contributed by atoms with E-state index < -0.39 is 40.0 Å². The lowest BCUT2D eigenvalue weighted by molar-refractivity contribution is -0.138. The minimum absolute atomic E-state index is 0.0902. The summed E-state index contributed by atoms with van der Waals surface area (Å²) in [5.74, 6) is -2.32. The number of ketones is 1. The van der Waals surface area contributed by atoms with Crippen molar-refractivity contribution in [2.75, 3.05) is 0 Å². The number of alkyl halides is 6. The molecule has 2 rings (SSSR count). The molecule has 0 radical (unpaired) electrons. The van der Waals surface area contributed by atoms with Crippen LogP contribution in [-0.2, 0) is 17.1 Å². The highest BCUT2D eigenvalue weighted by Crippen LogP contribution is 2.41. The molecule has 0 N–H and O–H groups in total. The quantitative estimate of drug-likeness (QED) is 0.598. The van der Waals surface area contributed by atoms with E-state index in [4.69, 9.17) is 0 Å². The number of hydrogen-bond acceptors (Lipinski definition) is 5. The van der Waals surface area contributed by atoms with Gasteiger partial charge in [-0.1, -0.05) is 13.8 Å². The van der Waals surface area contributed by atoms with Crippen molar-refractivity contribution in [2.45, 2.75) is 51.9 Å². The SMILES string of the molecule is Cc1nc(C(F)(F)F)sc1C(C)C(=O)C(C)c1sc(C(F)(F)F)nc1C. The van der Waals surface area contributed by atoms with Crippen molar-refractivity contribution in [3.63, 3.8) is 0 Å². The summed E-state index contributed by atoms with van der Waals surface area (Å²) in [6.45, 7) is 5.60. The van der Waals surface area contributed by atoms with Crippen molar-refractivity contribution < 1.29 is 31.1 Å². The molecule has 0 aromatic carbocycles. The van der Waals surface area contributed by atoms with Crippen molar-refractivity contribution >= 4 is 28.5 Å². The molecule has 2 heterocycles. The third-order valence-corrected chi connectivity index (χ3v) is 6.56. The molecule has 2 atom stereocenters. The van der Waals surface area contributed by atoms with E-state index in [1.165, 1.54) is 27.7 Å². The highest BCUT2D eigenvalue weighted by atomic mass is 32.1. The molecule has 0 aliphatic rings. The maximum atomic E-state index is 12.8. The first-order valence-electron chi connectivity index (χ1n) is 7.36. The summed E-state index contributed by atoms with van der Waals surface area (Å²) < 4.78 is 76.7. The fourth-order valence-electron chi connectivity index (χ4n) is 2.50. The van der Waals surface area contributed by atoms with Crippen LogP contribution < -0.4 is 0 Å². The summed E-state index contributed by atoms with van der Waals surface area (Å²) in [5.41, 5.74) is 0.180. The largest absolute Gasteiger partial charge is 0.443 e. The van der Waals surface area contributed by atoms with Crippen molar-refractivity contribution in [2.24, 2.45) is 0 Å². The van der Waals surface area contributed by atoms with Gasteiger partial charge in [0.2, 0.25) is 0 Å². The molecular formula is C15H14F6N2OS2. The van der Waals surface area contributed by atoms with Gasteiger partial charge < -0.3 is 0 Å². The molecule has 144 valence electrons. The van der Waals surface area contributed by atoms with Crippen LogP contribution in [0, 0.1) is 13.8 Å². The van der Waals surface area contributed by atoms with Gasteiger partial charge in [0.15, 0.2) is 10.0 Å². The van der Waals surface area contributed by atoms with Crippen molar-refractivity contribution in [3.8, 4) is 0 Å². The first-order valence-corrected chi connectivity index (χ1v) is 8.99. The second-order valence-corrected chi connectivity index (χ2v) is 7.84. The first-order chi connectivity index (χ1) is 11.7. The van der Waals surface area contributed by atoms with Crippen LogP contribution in [-0.4, -0.2) is 15.8 Å². The number of halogens is 6. The Bertz CT molecular complexity index is 755. The maximum absolute atomic E-state index is 12.8. The van der Waals surface area contributed by atoms with Gasteiger partial charge in [-0.15, -0.1) is 22.7 Å². The number of nitrogens with zero attached hydrogens (tertiary/aromatic N) is 2. The Morgan fingerprint density at radius 1 is 0.808 bits per heavy atom. The second-order valence-electron chi connectivity index (χ2n) is 5.78. The maximum Gasteiger partial charge on any atom is 0.443 e. The van der Waals surface area contributed by atoms with E-state index in [0.29, 0.717) is 22.7 Å². The monoisotopic (exact) mass is 416 g/mol. The predicted octanol–water partition coefficient (Wildman–Crippen LogP) is 5.73. The Hall–Kier alpha value is -1.49. The summed E-state index contributed by atoms with van der Waals surface area (Å²) in [5, 5.41) is -2.10. The summed E-state index contributed by atoms with van der Waals surface area (Å²) in [4.78, 5) is 19.9. The summed E-state index contributed by atoms with van der Waals surface area (Å²) in [6, 6.07) is 0. The minimum atomic E-state index is -4.61. The number of rotatable bonds is 4. The summed E-state index contributed by atoms with van der Waals surface area (Å²) >= 11 is 0.760. The lowest BCUT2D eigenvalue weighted by atomic mass is 9.92. The summed E-state index contributed by atoms with van der Waals surface area (Å²) in [7, 11) is 0. The number of aryl methyl sites for hydroxylation is 2. The smallest absolute Gasteiger partial charge is 0.298 e. The minimum Gasteiger partial charge on any atom is -0.298 e. The molecule has 0 aliphatic carbocycles. The van der Waals surface area contributed by atoms with Gasteiger partial charge in [0.1, 0.15) is 5.78 Å². The van der Waals surface area contributed by atoms with Gasteiger partial charge >= 0.3 is 12.4 Å². The van der Waals surface area contributed by atoms with Crippen LogP contribution in [0.2, 0.25) is 0 Å². The molecule has 0 saturated carbocycles. The van der Waals surface area contributed by atoms with E-state index >= 15 is 0 Å². The third-order valence-electron chi connectivity index (χ3n) is 3.79. The topological polar surface area (TPSA) is 42.9 Å². The van der Waals surface area contributed by atoms with Gasteiger partial charge in [0.25, 0.3) is 0 Å². The van der Waals surface area contributed by atoms with Crippen LogP contribution in [0.3, 0.4) is 0 Å². The average Bonchev–Trinajstić information content (AvgIpc) is 3.07. The van der Waals surface area contributed by atoms with Gasteiger partial charge in [-0.3, -0.25) is 4.79 Å². The van der Waals surface area contributed by atoms with Crippen LogP contribution in [0.25, 0.3) is 0 Å². The van der Waals surface area contributed by atoms with Crippen LogP contribution in [0.5, 0.6) is 0 Å². The molecule has 0 saturated heterocycles. The zero-order valence-corrected chi connectivity index (χ0v) is 15.7. The normalized spacial score (nSPS) is 15.2. The molecule has 2 unspecified atom stereocenters. The molecule has 0 aliphatic heterocycles. The summed E-state index contributed by atoms with van der Waals surface area (Å²) in [6.07, 6.45) is -9.23. The second kappa shape index (κ2) is 6.91. The number of Topliss-reactive ketones (excluding diaryl/α,β-unsaturated/α-hetero) is 1. The number of carbonyl (C=O) groups is 1. The van der Waals surface area contributed by atoms with Crippen LogP contribution in [0.15, 0.2) is 0 Å². The predicted molar refractivity (Wildman–Crippen MR) is 85.5 cm³/mol. The zero-order valence-electron chi connectivity index (χ0n) is 14.0. The lowest BCUT2D eigenvalue weighted by Crippen LogP contribution is -2.16. The molecule has 3 nitrogen and oxygen atoms in total. The Balaban J connectivity index is 2.31. The van der Waals surface area contributed by atoms with Gasteiger partial charge in [-0.25, -0.2) is 9.97 Å². The van der Waals surface area contributed by atoms with Crippen LogP contribution in [0.4, 0.5) is 26.3 Å².